The number of rotatable bonds is 0. The molecular weight excluding hydrogens is 353 g/mol. The van der Waals surface area contributed by atoms with E-state index < -0.39 is 15.0 Å². The van der Waals surface area contributed by atoms with Gasteiger partial charge in [0.15, 0.2) is 0 Å². The molecule has 2 nitrogen and oxygen atoms in total. The fourth-order valence-corrected chi connectivity index (χ4v) is 0. The van der Waals surface area contributed by atoms with Crippen molar-refractivity contribution in [2.24, 2.45) is 0 Å². The van der Waals surface area contributed by atoms with Crippen molar-refractivity contribution in [1.82, 2.24) is 0 Å². The Balaban J connectivity index is -0.0000000450. The summed E-state index contributed by atoms with van der Waals surface area (Å²) in [5, 5.41) is 0. The normalized spacial score (nSPS) is 8.31. The Morgan fingerprint density at radius 2 is 0.615 bits per heavy atom. The first-order valence-electron chi connectivity index (χ1n) is 3.78. The third-order valence-corrected chi connectivity index (χ3v) is 0. The maximum absolute atomic E-state index is 8.20. The van der Waals surface area contributed by atoms with Crippen molar-refractivity contribution in [1.29, 1.82) is 0 Å². The fraction of sp³-hybridized carbons (Fsp3) is 1.00. The molecule has 0 radical (unpaired) electrons. The van der Waals surface area contributed by atoms with Gasteiger partial charge in [0.25, 0.3) is 0 Å². The minimum Gasteiger partial charge on any atom is -0.412 e. The molecule has 0 aromatic carbocycles. The Morgan fingerprint density at radius 1 is 0.615 bits per heavy atom. The number of hydrogen-bond acceptors (Lipinski definition) is 1. The van der Waals surface area contributed by atoms with Crippen LogP contribution in [0.3, 0.4) is 0 Å². The third kappa shape index (κ3) is 718. The van der Waals surface area contributed by atoms with Crippen LogP contribution in [0.2, 0.25) is 45.7 Å². The molecule has 0 unspecified atom stereocenters. The van der Waals surface area contributed by atoms with Gasteiger partial charge in [-0.05, 0) is 0 Å². The van der Waals surface area contributed by atoms with Gasteiger partial charge >= 0.3 is 94.1 Å². The van der Waals surface area contributed by atoms with Crippen molar-refractivity contribution < 1.29 is 9.57 Å². The molecule has 0 aromatic rings. The second kappa shape index (κ2) is 19.2. The summed E-state index contributed by atoms with van der Waals surface area (Å²) in [6.45, 7) is 0. The average molecular weight is 380 g/mol. The topological polar surface area (TPSA) is 51.7 Å². The van der Waals surface area contributed by atoms with E-state index in [4.69, 9.17) is 4.10 Å². The van der Waals surface area contributed by atoms with E-state index in [0.717, 1.165) is 0 Å². The van der Waals surface area contributed by atoms with Crippen LogP contribution in [0.5, 0.6) is 0 Å². The Kier molecular flexibility index (Phi) is 35.5. The van der Waals surface area contributed by atoms with E-state index in [1.807, 2.05) is 11.4 Å². The molecule has 3 N–H and O–H groups in total. The summed E-state index contributed by atoms with van der Waals surface area (Å²) < 4.78 is 8.20. The molecule has 0 saturated carbocycles. The molecule has 0 bridgehead atoms. The van der Waals surface area contributed by atoms with Gasteiger partial charge in [-0.3, -0.25) is 0 Å². The Hall–Kier alpha value is 1.60. The molecule has 0 aromatic heterocycles. The minimum absolute atomic E-state index is 0. The molecule has 86 valence electrons. The second-order valence-electron chi connectivity index (χ2n) is 3.53. The fourth-order valence-electron chi connectivity index (χ4n) is 0. The SMILES string of the molecule is C[As](C)C.C[As](C)C.C[As](C)O.O. The molecule has 0 heterocycles. The molecule has 0 saturated heterocycles. The van der Waals surface area contributed by atoms with Crippen LogP contribution in [0.1, 0.15) is 0 Å². The predicted molar refractivity (Wildman–Crippen MR) is 70.0 cm³/mol. The molecule has 0 rings (SSSR count). The summed E-state index contributed by atoms with van der Waals surface area (Å²) in [5.74, 6) is 0. The second-order valence-corrected chi connectivity index (χ2v) is 18.3. The van der Waals surface area contributed by atoms with Gasteiger partial charge < -0.3 is 5.48 Å². The van der Waals surface area contributed by atoms with Crippen LogP contribution in [0.15, 0.2) is 0 Å². The Bertz CT molecular complexity index is 45.9. The van der Waals surface area contributed by atoms with E-state index in [2.05, 4.69) is 34.3 Å². The summed E-state index contributed by atoms with van der Waals surface area (Å²) in [7, 11) is 0. The van der Waals surface area contributed by atoms with Gasteiger partial charge in [-0.25, -0.2) is 0 Å². The molecule has 0 spiro atoms. The van der Waals surface area contributed by atoms with E-state index in [0.29, 0.717) is 0 Å². The minimum atomic E-state index is -1.19. The van der Waals surface area contributed by atoms with Crippen molar-refractivity contribution in [2.75, 3.05) is 0 Å². The monoisotopic (exact) mass is 380 g/mol. The first-order valence-corrected chi connectivity index (χ1v) is 19.6. The largest absolute Gasteiger partial charge is 0.412 e. The first-order chi connectivity index (χ1) is 5.20. The van der Waals surface area contributed by atoms with Crippen molar-refractivity contribution in [3.8, 4) is 0 Å². The van der Waals surface area contributed by atoms with Crippen molar-refractivity contribution >= 4 is 44.3 Å². The van der Waals surface area contributed by atoms with Gasteiger partial charge in [0, 0.05) is 0 Å². The molecule has 0 aliphatic rings. The van der Waals surface area contributed by atoms with Crippen molar-refractivity contribution in [3.05, 3.63) is 0 Å². The van der Waals surface area contributed by atoms with Crippen molar-refractivity contribution in [2.45, 2.75) is 45.7 Å². The van der Waals surface area contributed by atoms with Gasteiger partial charge in [0.1, 0.15) is 0 Å². The smallest absolute Gasteiger partial charge is 0.412 e. The van der Waals surface area contributed by atoms with E-state index in [9.17, 15) is 0 Å². The van der Waals surface area contributed by atoms with E-state index in [1.165, 1.54) is 0 Å². The maximum Gasteiger partial charge on any atom is -0.412 e. The quantitative estimate of drug-likeness (QED) is 0.644. The van der Waals surface area contributed by atoms with Gasteiger partial charge in [-0.1, -0.05) is 0 Å². The summed E-state index contributed by atoms with van der Waals surface area (Å²) in [5.41, 5.74) is 17.6. The summed E-state index contributed by atoms with van der Waals surface area (Å²) in [4.78, 5) is 0. The van der Waals surface area contributed by atoms with Gasteiger partial charge in [0.2, 0.25) is 0 Å². The van der Waals surface area contributed by atoms with E-state index in [1.54, 1.807) is 0 Å². The summed E-state index contributed by atoms with van der Waals surface area (Å²) in [6, 6.07) is 0. The Labute approximate surface area is 98.9 Å². The van der Waals surface area contributed by atoms with Crippen LogP contribution in [-0.4, -0.2) is 53.9 Å². The molecule has 13 heavy (non-hydrogen) atoms. The third-order valence-electron chi connectivity index (χ3n) is 0. The zero-order chi connectivity index (χ0) is 10.7. The molecule has 5 heteroatoms. The zero-order valence-corrected chi connectivity index (χ0v) is 15.9. The van der Waals surface area contributed by atoms with Crippen LogP contribution in [0.25, 0.3) is 0 Å². The summed E-state index contributed by atoms with van der Waals surface area (Å²) in [6.07, 6.45) is 0. The van der Waals surface area contributed by atoms with Gasteiger partial charge in [-0.2, -0.15) is 0 Å². The van der Waals surface area contributed by atoms with Crippen LogP contribution < -0.4 is 0 Å². The molecule has 0 atom stereocenters. The van der Waals surface area contributed by atoms with Crippen LogP contribution >= 0.6 is 0 Å². The molecule has 0 fully saturated rings. The molecular formula is C8H27As3O2. The zero-order valence-electron chi connectivity index (χ0n) is 10.3. The number of hydrogen-bond donors (Lipinski definition) is 1. The van der Waals surface area contributed by atoms with E-state index >= 15 is 0 Å². The molecule has 0 aliphatic heterocycles. The molecule has 0 aliphatic carbocycles. The first kappa shape index (κ1) is 24.0. The average Bonchev–Trinajstić information content (AvgIpc) is 1.54. The maximum atomic E-state index is 8.20. The van der Waals surface area contributed by atoms with Gasteiger partial charge in [-0.15, -0.1) is 0 Å². The van der Waals surface area contributed by atoms with Crippen LogP contribution in [-0.2, 0) is 0 Å². The van der Waals surface area contributed by atoms with Crippen LogP contribution in [0, 0.1) is 0 Å². The molecule has 0 amide bonds. The van der Waals surface area contributed by atoms with Gasteiger partial charge in [0.05, 0.1) is 0 Å². The summed E-state index contributed by atoms with van der Waals surface area (Å²) >= 11 is -1.56. The van der Waals surface area contributed by atoms with Crippen molar-refractivity contribution in [3.63, 3.8) is 0 Å². The Morgan fingerprint density at radius 3 is 0.615 bits per heavy atom. The van der Waals surface area contributed by atoms with Crippen LogP contribution in [0.4, 0.5) is 0 Å². The predicted octanol–water partition coefficient (Wildman–Crippen LogP) is 2.15. The standard InChI is InChI=1S/2C3H9As.C2H7AsO.H2O/c2*1-4(2)3;1-3(2)4;/h2*1-3H3;4H,1-2H3;1H2. The van der Waals surface area contributed by atoms with E-state index in [-0.39, 0.29) is 34.8 Å².